The van der Waals surface area contributed by atoms with Crippen LogP contribution in [-0.4, -0.2) is 79.1 Å². The number of rotatable bonds is 6. The van der Waals surface area contributed by atoms with Crippen LogP contribution in [0, 0.1) is 11.8 Å². The average Bonchev–Trinajstić information content (AvgIpc) is 2.58. The zero-order valence-electron chi connectivity index (χ0n) is 16.7. The summed E-state index contributed by atoms with van der Waals surface area (Å²) in [5.41, 5.74) is 5.80. The molecule has 7 nitrogen and oxygen atoms in total. The van der Waals surface area contributed by atoms with E-state index in [0.717, 1.165) is 45.6 Å². The maximum Gasteiger partial charge on any atom is 0.241 e. The van der Waals surface area contributed by atoms with E-state index in [1.165, 1.54) is 0 Å². The highest BCUT2D eigenvalue weighted by atomic mass is 16.5. The summed E-state index contributed by atoms with van der Waals surface area (Å²) in [6.07, 6.45) is 2.62. The molecule has 0 aromatic carbocycles. The molecule has 2 rings (SSSR count). The molecular formula is C19H36N4O3. The van der Waals surface area contributed by atoms with E-state index < -0.39 is 6.04 Å². The highest BCUT2D eigenvalue weighted by Crippen LogP contribution is 2.21. The van der Waals surface area contributed by atoms with Gasteiger partial charge in [0, 0.05) is 32.7 Å². The van der Waals surface area contributed by atoms with Crippen molar-refractivity contribution in [3.05, 3.63) is 0 Å². The Morgan fingerprint density at radius 3 is 2.27 bits per heavy atom. The Hall–Kier alpha value is -1.18. The Labute approximate surface area is 157 Å². The molecule has 2 unspecified atom stereocenters. The van der Waals surface area contributed by atoms with E-state index >= 15 is 0 Å². The third-order valence-electron chi connectivity index (χ3n) is 5.41. The number of nitrogens with two attached hydrogens (primary N) is 1. The minimum atomic E-state index is -0.563. The summed E-state index contributed by atoms with van der Waals surface area (Å²) in [6, 6.07) is -0.563. The van der Waals surface area contributed by atoms with Crippen molar-refractivity contribution in [3.8, 4) is 0 Å². The minimum Gasteiger partial charge on any atom is -0.373 e. The van der Waals surface area contributed by atoms with E-state index in [9.17, 15) is 9.59 Å². The SMILES string of the molecule is CC1CN(CC2CCN(C(=O)CNC(=O)[C@@H](N)C(C)C)CC2)CC(C)O1. The van der Waals surface area contributed by atoms with Gasteiger partial charge in [-0.15, -0.1) is 0 Å². The van der Waals surface area contributed by atoms with Gasteiger partial charge >= 0.3 is 0 Å². The number of morpholine rings is 1. The molecule has 0 bridgehead atoms. The Balaban J connectivity index is 1.69. The molecule has 7 heteroatoms. The van der Waals surface area contributed by atoms with Crippen LogP contribution in [0.15, 0.2) is 0 Å². The summed E-state index contributed by atoms with van der Waals surface area (Å²) in [7, 11) is 0. The summed E-state index contributed by atoms with van der Waals surface area (Å²) in [5, 5.41) is 2.67. The third kappa shape index (κ3) is 6.21. The predicted molar refractivity (Wildman–Crippen MR) is 102 cm³/mol. The van der Waals surface area contributed by atoms with Gasteiger partial charge in [0.15, 0.2) is 0 Å². The molecule has 2 amide bonds. The number of nitrogens with zero attached hydrogens (tertiary/aromatic N) is 2. The second-order valence-electron chi connectivity index (χ2n) is 8.29. The lowest BCUT2D eigenvalue weighted by atomic mass is 9.95. The summed E-state index contributed by atoms with van der Waals surface area (Å²) in [6.45, 7) is 12.7. The quantitative estimate of drug-likeness (QED) is 0.710. The summed E-state index contributed by atoms with van der Waals surface area (Å²) in [4.78, 5) is 28.6. The van der Waals surface area contributed by atoms with Crippen molar-refractivity contribution in [1.82, 2.24) is 15.1 Å². The molecule has 2 heterocycles. The fourth-order valence-corrected chi connectivity index (χ4v) is 3.86. The molecule has 150 valence electrons. The molecule has 2 fully saturated rings. The monoisotopic (exact) mass is 368 g/mol. The molecular weight excluding hydrogens is 332 g/mol. The summed E-state index contributed by atoms with van der Waals surface area (Å²) in [5.74, 6) is 0.423. The van der Waals surface area contributed by atoms with Gasteiger partial charge in [0.1, 0.15) is 0 Å². The van der Waals surface area contributed by atoms with Crippen molar-refractivity contribution in [2.75, 3.05) is 39.3 Å². The van der Waals surface area contributed by atoms with Crippen molar-refractivity contribution < 1.29 is 14.3 Å². The number of likely N-dealkylation sites (tertiary alicyclic amines) is 1. The fourth-order valence-electron chi connectivity index (χ4n) is 3.86. The van der Waals surface area contributed by atoms with Crippen LogP contribution in [0.2, 0.25) is 0 Å². The molecule has 26 heavy (non-hydrogen) atoms. The zero-order chi connectivity index (χ0) is 19.3. The van der Waals surface area contributed by atoms with E-state index in [2.05, 4.69) is 24.1 Å². The fraction of sp³-hybridized carbons (Fsp3) is 0.895. The van der Waals surface area contributed by atoms with Gasteiger partial charge in [0.25, 0.3) is 0 Å². The van der Waals surface area contributed by atoms with Crippen LogP contribution in [-0.2, 0) is 14.3 Å². The van der Waals surface area contributed by atoms with Crippen molar-refractivity contribution in [2.24, 2.45) is 17.6 Å². The lowest BCUT2D eigenvalue weighted by molar-refractivity contribution is -0.134. The number of ether oxygens (including phenoxy) is 1. The minimum absolute atomic E-state index is 0.0126. The third-order valence-corrected chi connectivity index (χ3v) is 5.41. The summed E-state index contributed by atoms with van der Waals surface area (Å²) >= 11 is 0. The van der Waals surface area contributed by atoms with Crippen molar-refractivity contribution in [2.45, 2.75) is 58.8 Å². The topological polar surface area (TPSA) is 87.9 Å². The first-order valence-corrected chi connectivity index (χ1v) is 9.95. The normalized spacial score (nSPS) is 26.8. The van der Waals surface area contributed by atoms with Crippen molar-refractivity contribution in [3.63, 3.8) is 0 Å². The van der Waals surface area contributed by atoms with E-state index in [-0.39, 0.29) is 24.3 Å². The van der Waals surface area contributed by atoms with Gasteiger partial charge in [0.2, 0.25) is 11.8 Å². The lowest BCUT2D eigenvalue weighted by Crippen LogP contribution is -2.50. The number of hydrogen-bond acceptors (Lipinski definition) is 5. The smallest absolute Gasteiger partial charge is 0.241 e. The van der Waals surface area contributed by atoms with Crippen LogP contribution >= 0.6 is 0 Å². The van der Waals surface area contributed by atoms with E-state index in [4.69, 9.17) is 10.5 Å². The standard InChI is InChI=1S/C19H36N4O3/c1-13(2)18(20)19(25)21-9-17(24)23-7-5-16(6-8-23)12-22-10-14(3)26-15(4)11-22/h13-16,18H,5-12,20H2,1-4H3,(H,21,25)/t14?,15?,18-/m0/s1. The second-order valence-corrected chi connectivity index (χ2v) is 8.29. The second kappa shape index (κ2) is 9.67. The molecule has 0 radical (unpaired) electrons. The Kier molecular flexibility index (Phi) is 7.85. The molecule has 3 N–H and O–H groups in total. The predicted octanol–water partition coefficient (Wildman–Crippen LogP) is 0.434. The van der Waals surface area contributed by atoms with Crippen molar-refractivity contribution >= 4 is 11.8 Å². The van der Waals surface area contributed by atoms with Gasteiger partial charge in [-0.2, -0.15) is 0 Å². The van der Waals surface area contributed by atoms with Crippen LogP contribution in [0.4, 0.5) is 0 Å². The van der Waals surface area contributed by atoms with Gasteiger partial charge in [-0.25, -0.2) is 0 Å². The van der Waals surface area contributed by atoms with Crippen LogP contribution in [0.25, 0.3) is 0 Å². The number of carbonyl (C=O) groups is 2. The first-order chi connectivity index (χ1) is 12.3. The van der Waals surface area contributed by atoms with E-state index in [1.807, 2.05) is 18.7 Å². The summed E-state index contributed by atoms with van der Waals surface area (Å²) < 4.78 is 5.79. The van der Waals surface area contributed by atoms with Crippen LogP contribution < -0.4 is 11.1 Å². The van der Waals surface area contributed by atoms with E-state index in [1.54, 1.807) is 0 Å². The first-order valence-electron chi connectivity index (χ1n) is 9.95. The molecule has 0 saturated carbocycles. The lowest BCUT2D eigenvalue weighted by Gasteiger charge is -2.39. The molecule has 0 spiro atoms. The number of carbonyl (C=O) groups excluding carboxylic acids is 2. The highest BCUT2D eigenvalue weighted by Gasteiger charge is 2.28. The van der Waals surface area contributed by atoms with Gasteiger partial charge in [0.05, 0.1) is 24.8 Å². The molecule has 3 atom stereocenters. The van der Waals surface area contributed by atoms with Gasteiger partial charge in [-0.05, 0) is 38.5 Å². The molecule has 2 aliphatic rings. The highest BCUT2D eigenvalue weighted by molar-refractivity contribution is 5.87. The molecule has 2 saturated heterocycles. The number of amides is 2. The Morgan fingerprint density at radius 1 is 1.15 bits per heavy atom. The Morgan fingerprint density at radius 2 is 1.73 bits per heavy atom. The van der Waals surface area contributed by atoms with Gasteiger partial charge in [-0.3, -0.25) is 14.5 Å². The molecule has 0 aliphatic carbocycles. The average molecular weight is 369 g/mol. The Bertz CT molecular complexity index is 467. The maximum atomic E-state index is 12.3. The number of piperidine rings is 1. The molecule has 0 aromatic rings. The number of nitrogens with one attached hydrogen (secondary N) is 1. The number of hydrogen-bond donors (Lipinski definition) is 2. The van der Waals surface area contributed by atoms with Crippen LogP contribution in [0.1, 0.15) is 40.5 Å². The van der Waals surface area contributed by atoms with Gasteiger partial charge in [-0.1, -0.05) is 13.8 Å². The van der Waals surface area contributed by atoms with E-state index in [0.29, 0.717) is 18.1 Å². The zero-order valence-corrected chi connectivity index (χ0v) is 16.7. The first kappa shape index (κ1) is 21.1. The van der Waals surface area contributed by atoms with Gasteiger partial charge < -0.3 is 20.7 Å². The molecule has 0 aromatic heterocycles. The van der Waals surface area contributed by atoms with Crippen molar-refractivity contribution in [1.29, 1.82) is 0 Å². The van der Waals surface area contributed by atoms with Crippen LogP contribution in [0.5, 0.6) is 0 Å². The maximum absolute atomic E-state index is 12.3. The largest absolute Gasteiger partial charge is 0.373 e. The van der Waals surface area contributed by atoms with Crippen LogP contribution in [0.3, 0.4) is 0 Å². The molecule has 2 aliphatic heterocycles.